The summed E-state index contributed by atoms with van der Waals surface area (Å²) in [6, 6.07) is 11.9. The average Bonchev–Trinajstić information content (AvgIpc) is 2.58. The highest BCUT2D eigenvalue weighted by Gasteiger charge is 2.06. The first-order valence-electron chi connectivity index (χ1n) is 7.82. The summed E-state index contributed by atoms with van der Waals surface area (Å²) in [6.45, 7) is 5.84. The number of aromatic hydroxyl groups is 1. The van der Waals surface area contributed by atoms with Crippen molar-refractivity contribution in [2.24, 2.45) is 5.10 Å². The molecular weight excluding hydrogens is 304 g/mol. The molecule has 6 nitrogen and oxygen atoms in total. The number of benzene rings is 2. The summed E-state index contributed by atoms with van der Waals surface area (Å²) in [5, 5.41) is 14.0. The van der Waals surface area contributed by atoms with Gasteiger partial charge in [-0.05, 0) is 50.2 Å². The molecule has 126 valence electrons. The van der Waals surface area contributed by atoms with E-state index in [-0.39, 0.29) is 11.7 Å². The number of carbonyl (C=O) groups excluding carboxylic acids is 1. The lowest BCUT2D eigenvalue weighted by atomic mass is 10.2. The van der Waals surface area contributed by atoms with Gasteiger partial charge in [-0.25, -0.2) is 5.43 Å². The standard InChI is InChI=1S/C18H22N4O2/c1-3-22(4-2)16-10-7-14(17(23)11-16)12-20-21-18(24)13-5-8-15(19)9-6-13/h5-12,23H,3-4,19H2,1-2H3,(H,21,24)/b20-12+. The van der Waals surface area contributed by atoms with Crippen LogP contribution >= 0.6 is 0 Å². The van der Waals surface area contributed by atoms with Crippen LogP contribution < -0.4 is 16.1 Å². The average molecular weight is 326 g/mol. The second-order valence-electron chi connectivity index (χ2n) is 5.24. The molecule has 0 aliphatic carbocycles. The summed E-state index contributed by atoms with van der Waals surface area (Å²) in [4.78, 5) is 14.0. The van der Waals surface area contributed by atoms with Crippen molar-refractivity contribution in [3.8, 4) is 5.75 Å². The van der Waals surface area contributed by atoms with Crippen LogP contribution in [0.5, 0.6) is 5.75 Å². The van der Waals surface area contributed by atoms with E-state index in [2.05, 4.69) is 29.3 Å². The number of hydrazone groups is 1. The Balaban J connectivity index is 2.03. The Labute approximate surface area is 141 Å². The number of nitrogens with two attached hydrogens (primary N) is 1. The van der Waals surface area contributed by atoms with Crippen LogP contribution in [0.25, 0.3) is 0 Å². The number of hydrogen-bond acceptors (Lipinski definition) is 5. The summed E-state index contributed by atoms with van der Waals surface area (Å²) in [7, 11) is 0. The van der Waals surface area contributed by atoms with Crippen LogP contribution in [0, 0.1) is 0 Å². The van der Waals surface area contributed by atoms with Crippen LogP contribution in [-0.2, 0) is 0 Å². The van der Waals surface area contributed by atoms with Gasteiger partial charge >= 0.3 is 0 Å². The molecule has 0 bridgehead atoms. The Morgan fingerprint density at radius 2 is 1.88 bits per heavy atom. The molecule has 2 rings (SSSR count). The highest BCUT2D eigenvalue weighted by Crippen LogP contribution is 2.23. The minimum absolute atomic E-state index is 0.116. The third kappa shape index (κ3) is 4.25. The molecule has 0 saturated heterocycles. The minimum atomic E-state index is -0.342. The highest BCUT2D eigenvalue weighted by molar-refractivity contribution is 5.95. The number of carbonyl (C=O) groups is 1. The Morgan fingerprint density at radius 1 is 1.21 bits per heavy atom. The zero-order chi connectivity index (χ0) is 17.5. The zero-order valence-corrected chi connectivity index (χ0v) is 13.9. The van der Waals surface area contributed by atoms with E-state index in [1.165, 1.54) is 6.21 Å². The fraction of sp³-hybridized carbons (Fsp3) is 0.222. The lowest BCUT2D eigenvalue weighted by molar-refractivity contribution is 0.0955. The van der Waals surface area contributed by atoms with Gasteiger partial charge in [-0.15, -0.1) is 0 Å². The number of rotatable bonds is 6. The van der Waals surface area contributed by atoms with Crippen molar-refractivity contribution in [2.45, 2.75) is 13.8 Å². The van der Waals surface area contributed by atoms with Gasteiger partial charge < -0.3 is 15.7 Å². The number of nitrogens with one attached hydrogen (secondary N) is 1. The molecule has 0 fully saturated rings. The number of amides is 1. The number of nitrogen functional groups attached to an aromatic ring is 1. The number of hydrogen-bond donors (Lipinski definition) is 3. The third-order valence-corrected chi connectivity index (χ3v) is 3.69. The molecule has 0 aromatic heterocycles. The summed E-state index contributed by atoms with van der Waals surface area (Å²) in [6.07, 6.45) is 1.41. The molecule has 4 N–H and O–H groups in total. The van der Waals surface area contributed by atoms with E-state index >= 15 is 0 Å². The molecule has 1 amide bonds. The van der Waals surface area contributed by atoms with Gasteiger partial charge in [-0.1, -0.05) is 0 Å². The van der Waals surface area contributed by atoms with Crippen molar-refractivity contribution in [2.75, 3.05) is 23.7 Å². The molecule has 0 aliphatic heterocycles. The smallest absolute Gasteiger partial charge is 0.271 e. The fourth-order valence-corrected chi connectivity index (χ4v) is 2.29. The molecule has 2 aromatic rings. The lowest BCUT2D eigenvalue weighted by Gasteiger charge is -2.21. The second-order valence-corrected chi connectivity index (χ2v) is 5.24. The van der Waals surface area contributed by atoms with Crippen LogP contribution in [0.3, 0.4) is 0 Å². The SMILES string of the molecule is CCN(CC)c1ccc(/C=N/NC(=O)c2ccc(N)cc2)c(O)c1. The van der Waals surface area contributed by atoms with E-state index in [1.807, 2.05) is 6.07 Å². The van der Waals surface area contributed by atoms with Gasteiger partial charge in [0.1, 0.15) is 5.75 Å². The van der Waals surface area contributed by atoms with Gasteiger partial charge in [0, 0.05) is 41.7 Å². The molecule has 2 aromatic carbocycles. The van der Waals surface area contributed by atoms with Gasteiger partial charge in [0.25, 0.3) is 5.91 Å². The van der Waals surface area contributed by atoms with E-state index in [9.17, 15) is 9.90 Å². The maximum absolute atomic E-state index is 11.9. The molecule has 0 aliphatic rings. The van der Waals surface area contributed by atoms with Gasteiger partial charge in [0.2, 0.25) is 0 Å². The van der Waals surface area contributed by atoms with Crippen molar-refractivity contribution < 1.29 is 9.90 Å². The van der Waals surface area contributed by atoms with Crippen molar-refractivity contribution >= 4 is 23.5 Å². The van der Waals surface area contributed by atoms with Crippen LogP contribution in [0.15, 0.2) is 47.6 Å². The predicted octanol–water partition coefficient (Wildman–Crippen LogP) is 2.58. The second kappa shape index (κ2) is 8.01. The van der Waals surface area contributed by atoms with Crippen molar-refractivity contribution in [1.29, 1.82) is 0 Å². The fourth-order valence-electron chi connectivity index (χ4n) is 2.29. The Morgan fingerprint density at radius 3 is 2.46 bits per heavy atom. The van der Waals surface area contributed by atoms with E-state index in [0.29, 0.717) is 16.8 Å². The molecule has 0 saturated carbocycles. The normalized spacial score (nSPS) is 10.8. The highest BCUT2D eigenvalue weighted by atomic mass is 16.3. The summed E-state index contributed by atoms with van der Waals surface area (Å²) in [5.41, 5.74) is 10.5. The van der Waals surface area contributed by atoms with Crippen LogP contribution in [0.4, 0.5) is 11.4 Å². The van der Waals surface area contributed by atoms with Crippen LogP contribution in [0.1, 0.15) is 29.8 Å². The van der Waals surface area contributed by atoms with Crippen LogP contribution in [-0.4, -0.2) is 30.3 Å². The molecule has 0 spiro atoms. The molecule has 0 radical (unpaired) electrons. The minimum Gasteiger partial charge on any atom is -0.507 e. The van der Waals surface area contributed by atoms with Crippen LogP contribution in [0.2, 0.25) is 0 Å². The van der Waals surface area contributed by atoms with E-state index in [1.54, 1.807) is 36.4 Å². The Bertz CT molecular complexity index is 722. The zero-order valence-electron chi connectivity index (χ0n) is 13.9. The topological polar surface area (TPSA) is 91.0 Å². The molecule has 24 heavy (non-hydrogen) atoms. The van der Waals surface area contributed by atoms with E-state index < -0.39 is 0 Å². The number of phenolic OH excluding ortho intramolecular Hbond substituents is 1. The first-order valence-corrected chi connectivity index (χ1v) is 7.82. The first kappa shape index (κ1) is 17.3. The Hall–Kier alpha value is -3.02. The monoisotopic (exact) mass is 326 g/mol. The lowest BCUT2D eigenvalue weighted by Crippen LogP contribution is -2.21. The molecule has 0 atom stereocenters. The van der Waals surface area contributed by atoms with E-state index in [0.717, 1.165) is 18.8 Å². The third-order valence-electron chi connectivity index (χ3n) is 3.69. The summed E-state index contributed by atoms with van der Waals surface area (Å²) >= 11 is 0. The predicted molar refractivity (Wildman–Crippen MR) is 97.6 cm³/mol. The number of nitrogens with zero attached hydrogens (tertiary/aromatic N) is 2. The Kier molecular flexibility index (Phi) is 5.78. The van der Waals surface area contributed by atoms with Gasteiger partial charge in [0.05, 0.1) is 6.21 Å². The summed E-state index contributed by atoms with van der Waals surface area (Å²) < 4.78 is 0. The van der Waals surface area contributed by atoms with Gasteiger partial charge in [-0.2, -0.15) is 5.10 Å². The van der Waals surface area contributed by atoms with Crippen molar-refractivity contribution in [1.82, 2.24) is 5.43 Å². The molecule has 0 heterocycles. The number of anilines is 2. The maximum atomic E-state index is 11.9. The molecule has 0 unspecified atom stereocenters. The van der Waals surface area contributed by atoms with E-state index in [4.69, 9.17) is 5.73 Å². The van der Waals surface area contributed by atoms with Gasteiger partial charge in [-0.3, -0.25) is 4.79 Å². The summed E-state index contributed by atoms with van der Waals surface area (Å²) in [5.74, 6) is -0.226. The number of phenols is 1. The molecule has 6 heteroatoms. The molecular formula is C18H22N4O2. The quantitative estimate of drug-likeness (QED) is 0.432. The van der Waals surface area contributed by atoms with Gasteiger partial charge in [0.15, 0.2) is 0 Å². The first-order chi connectivity index (χ1) is 11.5. The maximum Gasteiger partial charge on any atom is 0.271 e. The van der Waals surface area contributed by atoms with Crippen molar-refractivity contribution in [3.63, 3.8) is 0 Å². The van der Waals surface area contributed by atoms with Crippen molar-refractivity contribution in [3.05, 3.63) is 53.6 Å². The largest absolute Gasteiger partial charge is 0.507 e.